The summed E-state index contributed by atoms with van der Waals surface area (Å²) in [6, 6.07) is 6.15. The van der Waals surface area contributed by atoms with E-state index in [0.29, 0.717) is 44.8 Å². The summed E-state index contributed by atoms with van der Waals surface area (Å²) < 4.78 is 5.80. The minimum Gasteiger partial charge on any atom is -0.441 e. The maximum Gasteiger partial charge on any atom is 0.223 e. The predicted molar refractivity (Wildman–Crippen MR) is 93.9 cm³/mol. The monoisotopic (exact) mass is 341 g/mol. The summed E-state index contributed by atoms with van der Waals surface area (Å²) in [6.45, 7) is 5.69. The first kappa shape index (κ1) is 17.2. The molecule has 1 aromatic heterocycles. The van der Waals surface area contributed by atoms with Gasteiger partial charge in [0.25, 0.3) is 0 Å². The highest BCUT2D eigenvalue weighted by atomic mass is 16.4. The average Bonchev–Trinajstić information content (AvgIpc) is 2.96. The Labute approximate surface area is 147 Å². The molecule has 25 heavy (non-hydrogen) atoms. The Hall–Kier alpha value is -2.63. The standard InChI is InChI=1S/C19H23N3O3/c1-13-3-4-15(11-14(13)2)16-12-21-18(25-16)5-6-19(24)22-9-7-17(23)20-8-10-22/h3-4,11-12H,5-10H2,1-2H3,(H,20,23). The van der Waals surface area contributed by atoms with Crippen LogP contribution in [0.5, 0.6) is 0 Å². The lowest BCUT2D eigenvalue weighted by Gasteiger charge is -2.18. The van der Waals surface area contributed by atoms with Gasteiger partial charge in [-0.1, -0.05) is 12.1 Å². The van der Waals surface area contributed by atoms with Crippen molar-refractivity contribution in [3.63, 3.8) is 0 Å². The van der Waals surface area contributed by atoms with E-state index < -0.39 is 0 Å². The van der Waals surface area contributed by atoms with Gasteiger partial charge in [0, 0.05) is 44.5 Å². The second-order valence-corrected chi connectivity index (χ2v) is 6.40. The zero-order valence-electron chi connectivity index (χ0n) is 14.7. The Balaban J connectivity index is 1.58. The van der Waals surface area contributed by atoms with Crippen molar-refractivity contribution in [2.75, 3.05) is 19.6 Å². The quantitative estimate of drug-likeness (QED) is 0.925. The zero-order chi connectivity index (χ0) is 17.8. The van der Waals surface area contributed by atoms with Crippen LogP contribution in [0.25, 0.3) is 11.3 Å². The first-order chi connectivity index (χ1) is 12.0. The fraction of sp³-hybridized carbons (Fsp3) is 0.421. The summed E-state index contributed by atoms with van der Waals surface area (Å²) in [5.41, 5.74) is 3.43. The molecule has 0 bridgehead atoms. The van der Waals surface area contributed by atoms with Gasteiger partial charge < -0.3 is 14.6 Å². The third-order valence-corrected chi connectivity index (χ3v) is 4.56. The average molecular weight is 341 g/mol. The van der Waals surface area contributed by atoms with E-state index in [1.165, 1.54) is 11.1 Å². The predicted octanol–water partition coefficient (Wildman–Crippen LogP) is 2.24. The number of carbonyl (C=O) groups is 2. The summed E-state index contributed by atoms with van der Waals surface area (Å²) in [5.74, 6) is 1.31. The SMILES string of the molecule is Cc1ccc(-c2cnc(CCC(=O)N3CCNC(=O)CC3)o2)cc1C. The smallest absolute Gasteiger partial charge is 0.223 e. The van der Waals surface area contributed by atoms with Gasteiger partial charge in [-0.2, -0.15) is 0 Å². The Bertz CT molecular complexity index is 782. The number of oxazole rings is 1. The number of nitrogens with zero attached hydrogens (tertiary/aromatic N) is 2. The number of benzene rings is 1. The van der Waals surface area contributed by atoms with Crippen LogP contribution in [0.2, 0.25) is 0 Å². The number of hydrogen-bond acceptors (Lipinski definition) is 4. The van der Waals surface area contributed by atoms with Gasteiger partial charge in [-0.15, -0.1) is 0 Å². The summed E-state index contributed by atoms with van der Waals surface area (Å²) >= 11 is 0. The van der Waals surface area contributed by atoms with Crippen LogP contribution in [-0.4, -0.2) is 41.3 Å². The lowest BCUT2D eigenvalue weighted by molar-refractivity contribution is -0.131. The summed E-state index contributed by atoms with van der Waals surface area (Å²) in [4.78, 5) is 29.7. The Morgan fingerprint density at radius 2 is 2.12 bits per heavy atom. The maximum atomic E-state index is 12.3. The molecule has 1 aliphatic heterocycles. The van der Waals surface area contributed by atoms with Crippen LogP contribution in [0, 0.1) is 13.8 Å². The van der Waals surface area contributed by atoms with Crippen LogP contribution in [0.1, 0.15) is 29.9 Å². The molecule has 0 aliphatic carbocycles. The largest absolute Gasteiger partial charge is 0.441 e. The van der Waals surface area contributed by atoms with Crippen LogP contribution in [0.4, 0.5) is 0 Å². The van der Waals surface area contributed by atoms with Gasteiger partial charge in [0.1, 0.15) is 0 Å². The molecule has 0 atom stereocenters. The van der Waals surface area contributed by atoms with Gasteiger partial charge in [-0.25, -0.2) is 4.98 Å². The Kier molecular flexibility index (Phi) is 5.16. The number of hydrogen-bond donors (Lipinski definition) is 1. The van der Waals surface area contributed by atoms with Crippen molar-refractivity contribution in [2.45, 2.75) is 33.1 Å². The van der Waals surface area contributed by atoms with E-state index in [2.05, 4.69) is 36.3 Å². The van der Waals surface area contributed by atoms with Crippen molar-refractivity contribution in [3.05, 3.63) is 41.4 Å². The van der Waals surface area contributed by atoms with E-state index in [9.17, 15) is 9.59 Å². The van der Waals surface area contributed by atoms with E-state index in [-0.39, 0.29) is 11.8 Å². The van der Waals surface area contributed by atoms with Gasteiger partial charge in [0.2, 0.25) is 11.8 Å². The number of aromatic nitrogens is 1. The van der Waals surface area contributed by atoms with Crippen molar-refractivity contribution in [1.29, 1.82) is 0 Å². The topological polar surface area (TPSA) is 75.4 Å². The fourth-order valence-corrected chi connectivity index (χ4v) is 2.84. The van der Waals surface area contributed by atoms with Crippen LogP contribution in [0.3, 0.4) is 0 Å². The molecule has 0 spiro atoms. The molecule has 132 valence electrons. The Morgan fingerprint density at radius 3 is 2.92 bits per heavy atom. The molecule has 6 heteroatoms. The minimum atomic E-state index is 0.000958. The molecule has 2 heterocycles. The van der Waals surface area contributed by atoms with Gasteiger partial charge in [0.15, 0.2) is 11.7 Å². The zero-order valence-corrected chi connectivity index (χ0v) is 14.7. The number of rotatable bonds is 4. The molecule has 1 saturated heterocycles. The highest BCUT2D eigenvalue weighted by Crippen LogP contribution is 2.23. The molecule has 6 nitrogen and oxygen atoms in total. The van der Waals surface area contributed by atoms with Gasteiger partial charge in [-0.3, -0.25) is 9.59 Å². The van der Waals surface area contributed by atoms with Crippen LogP contribution >= 0.6 is 0 Å². The first-order valence-corrected chi connectivity index (χ1v) is 8.60. The van der Waals surface area contributed by atoms with Gasteiger partial charge in [-0.05, 0) is 31.0 Å². The lowest BCUT2D eigenvalue weighted by atomic mass is 10.1. The highest BCUT2D eigenvalue weighted by molar-refractivity contribution is 5.80. The number of nitrogens with one attached hydrogen (secondary N) is 1. The van der Waals surface area contributed by atoms with Crippen LogP contribution in [0.15, 0.2) is 28.8 Å². The second kappa shape index (κ2) is 7.51. The van der Waals surface area contributed by atoms with Crippen molar-refractivity contribution >= 4 is 11.8 Å². The third-order valence-electron chi connectivity index (χ3n) is 4.56. The molecular weight excluding hydrogens is 318 g/mol. The molecule has 0 radical (unpaired) electrons. The van der Waals surface area contributed by atoms with E-state index in [1.807, 2.05) is 6.07 Å². The molecule has 1 aliphatic rings. The van der Waals surface area contributed by atoms with Crippen LogP contribution in [-0.2, 0) is 16.0 Å². The molecular formula is C19H23N3O3. The molecule has 1 N–H and O–H groups in total. The first-order valence-electron chi connectivity index (χ1n) is 8.60. The summed E-state index contributed by atoms with van der Waals surface area (Å²) in [7, 11) is 0. The molecule has 2 aromatic rings. The van der Waals surface area contributed by atoms with E-state index in [4.69, 9.17) is 4.42 Å². The van der Waals surface area contributed by atoms with Gasteiger partial charge in [0.05, 0.1) is 6.20 Å². The minimum absolute atomic E-state index is 0.000958. The van der Waals surface area contributed by atoms with E-state index >= 15 is 0 Å². The third kappa shape index (κ3) is 4.26. The van der Waals surface area contributed by atoms with Gasteiger partial charge >= 0.3 is 0 Å². The van der Waals surface area contributed by atoms with Crippen molar-refractivity contribution in [1.82, 2.24) is 15.2 Å². The summed E-state index contributed by atoms with van der Waals surface area (Å²) in [5, 5.41) is 2.77. The van der Waals surface area contributed by atoms with Crippen molar-refractivity contribution in [2.24, 2.45) is 0 Å². The van der Waals surface area contributed by atoms with Crippen LogP contribution < -0.4 is 5.32 Å². The van der Waals surface area contributed by atoms with E-state index in [1.54, 1.807) is 11.1 Å². The van der Waals surface area contributed by atoms with E-state index in [0.717, 1.165) is 11.3 Å². The van der Waals surface area contributed by atoms with Crippen molar-refractivity contribution < 1.29 is 14.0 Å². The number of amides is 2. The number of carbonyl (C=O) groups excluding carboxylic acids is 2. The normalized spacial score (nSPS) is 15.0. The molecule has 1 fully saturated rings. The molecule has 2 amide bonds. The lowest BCUT2D eigenvalue weighted by Crippen LogP contribution is -2.34. The fourth-order valence-electron chi connectivity index (χ4n) is 2.84. The molecule has 0 saturated carbocycles. The summed E-state index contributed by atoms with van der Waals surface area (Å²) in [6.07, 6.45) is 2.86. The maximum absolute atomic E-state index is 12.3. The molecule has 3 rings (SSSR count). The number of aryl methyl sites for hydroxylation is 3. The van der Waals surface area contributed by atoms with Crippen molar-refractivity contribution in [3.8, 4) is 11.3 Å². The molecule has 1 aromatic carbocycles. The molecule has 0 unspecified atom stereocenters. The highest BCUT2D eigenvalue weighted by Gasteiger charge is 2.19. The Morgan fingerprint density at radius 1 is 1.28 bits per heavy atom. The second-order valence-electron chi connectivity index (χ2n) is 6.40.